The van der Waals surface area contributed by atoms with E-state index in [1.807, 2.05) is 63.3 Å². The predicted molar refractivity (Wildman–Crippen MR) is 180 cm³/mol. The van der Waals surface area contributed by atoms with E-state index in [1.54, 1.807) is 31.2 Å². The lowest BCUT2D eigenvalue weighted by atomic mass is 9.99. The average molecular weight is 655 g/mol. The normalized spacial score (nSPS) is 14.8. The van der Waals surface area contributed by atoms with Gasteiger partial charge in [-0.05, 0) is 41.7 Å². The summed E-state index contributed by atoms with van der Waals surface area (Å²) < 4.78 is 16.5. The van der Waals surface area contributed by atoms with E-state index in [9.17, 15) is 19.2 Å². The van der Waals surface area contributed by atoms with Gasteiger partial charge in [0, 0.05) is 38.3 Å². The summed E-state index contributed by atoms with van der Waals surface area (Å²) in [6, 6.07) is 14.0. The highest BCUT2D eigenvalue weighted by Crippen LogP contribution is 2.25. The lowest BCUT2D eigenvalue weighted by Gasteiger charge is -2.24. The zero-order valence-corrected chi connectivity index (χ0v) is 28.3. The van der Waals surface area contributed by atoms with Gasteiger partial charge in [0.05, 0.1) is 12.1 Å². The van der Waals surface area contributed by atoms with Crippen LogP contribution in [-0.4, -0.2) is 63.1 Å². The molecule has 5 atom stereocenters. The van der Waals surface area contributed by atoms with Crippen LogP contribution in [0.1, 0.15) is 51.7 Å². The number of amides is 2. The fourth-order valence-corrected chi connectivity index (χ4v) is 4.79. The highest BCUT2D eigenvalue weighted by molar-refractivity contribution is 6.32. The maximum Gasteiger partial charge on any atom is 0.335 e. The Kier molecular flexibility index (Phi) is 16.8. The summed E-state index contributed by atoms with van der Waals surface area (Å²) in [5, 5.41) is 5.85. The third kappa shape index (κ3) is 13.6. The zero-order valence-electron chi connectivity index (χ0n) is 27.5. The molecule has 250 valence electrons. The van der Waals surface area contributed by atoms with Crippen molar-refractivity contribution in [2.75, 3.05) is 20.8 Å². The summed E-state index contributed by atoms with van der Waals surface area (Å²) in [6.07, 6.45) is 7.26. The zero-order chi connectivity index (χ0) is 34.1. The van der Waals surface area contributed by atoms with Crippen LogP contribution in [0.3, 0.4) is 0 Å². The van der Waals surface area contributed by atoms with Crippen LogP contribution >= 0.6 is 11.6 Å². The molecule has 2 rings (SSSR count). The number of carbonyl (C=O) groups is 4. The Balaban J connectivity index is 2.20. The minimum absolute atomic E-state index is 0.134. The van der Waals surface area contributed by atoms with Gasteiger partial charge < -0.3 is 29.6 Å². The average Bonchev–Trinajstić information content (AvgIpc) is 3.04. The molecule has 2 aromatic rings. The van der Waals surface area contributed by atoms with Crippen molar-refractivity contribution in [2.24, 2.45) is 17.8 Å². The molecule has 0 heterocycles. The molecule has 0 aliphatic carbocycles. The summed E-state index contributed by atoms with van der Waals surface area (Å²) in [5.41, 5.74) is 1.72. The van der Waals surface area contributed by atoms with Gasteiger partial charge in [-0.25, -0.2) is 4.79 Å². The smallest absolute Gasteiger partial charge is 0.335 e. The molecule has 0 aromatic heterocycles. The number of hydrogen-bond donors (Lipinski definition) is 2. The second kappa shape index (κ2) is 20.2. The molecule has 46 heavy (non-hydrogen) atoms. The Bertz CT molecular complexity index is 1330. The van der Waals surface area contributed by atoms with Gasteiger partial charge in [0.1, 0.15) is 24.2 Å². The molecule has 2 aromatic carbocycles. The maximum atomic E-state index is 13.1. The van der Waals surface area contributed by atoms with Crippen LogP contribution in [0.15, 0.2) is 66.8 Å². The van der Waals surface area contributed by atoms with Crippen LogP contribution in [0.2, 0.25) is 5.02 Å². The molecule has 0 bridgehead atoms. The number of hydrogen-bond acceptors (Lipinski definition) is 7. The van der Waals surface area contributed by atoms with Gasteiger partial charge in [-0.2, -0.15) is 0 Å². The van der Waals surface area contributed by atoms with Gasteiger partial charge in [-0.15, -0.1) is 0 Å². The van der Waals surface area contributed by atoms with Crippen LogP contribution in [0.25, 0.3) is 6.08 Å². The van der Waals surface area contributed by atoms with Gasteiger partial charge >= 0.3 is 5.97 Å². The van der Waals surface area contributed by atoms with E-state index in [1.165, 1.54) is 20.3 Å². The third-order valence-corrected chi connectivity index (χ3v) is 7.53. The SMILES string of the molecule is COc1ccc(CC(NC(=O)/C=C/CC(OC(=O)C(CC(C)C)OC)C(C)/C=C\c2ccccc2)C(=O)NCC(C)C=O)cc1Cl. The first-order chi connectivity index (χ1) is 22.0. The Morgan fingerprint density at radius 1 is 1.00 bits per heavy atom. The van der Waals surface area contributed by atoms with Gasteiger partial charge in [-0.1, -0.05) is 93.9 Å². The molecule has 0 spiro atoms. The van der Waals surface area contributed by atoms with Crippen LogP contribution in [0, 0.1) is 17.8 Å². The van der Waals surface area contributed by atoms with Crippen molar-refractivity contribution in [3.05, 3.63) is 82.9 Å². The second-order valence-electron chi connectivity index (χ2n) is 11.7. The number of ether oxygens (including phenoxy) is 3. The minimum Gasteiger partial charge on any atom is -0.495 e. The molecule has 0 saturated carbocycles. The molecule has 0 aliphatic rings. The van der Waals surface area contributed by atoms with E-state index in [4.69, 9.17) is 25.8 Å². The molecular weight excluding hydrogens is 608 g/mol. The number of carbonyl (C=O) groups excluding carboxylic acids is 4. The fourth-order valence-electron chi connectivity index (χ4n) is 4.51. The molecule has 5 unspecified atom stereocenters. The standard InChI is InChI=1S/C36H47ClN2O7/c1-24(2)19-33(45-6)36(43)46-31(26(4)15-16-27-11-8-7-9-12-27)13-10-14-34(41)39-30(35(42)38-22-25(3)23-40)21-28-17-18-32(44-5)29(37)20-28/h7-12,14-18,20,23-26,30-31,33H,13,19,21-22H2,1-6H3,(H,38,42)(H,39,41)/b14-10+,16-15-. The summed E-state index contributed by atoms with van der Waals surface area (Å²) in [7, 11) is 2.99. The van der Waals surface area contributed by atoms with Gasteiger partial charge in [0.2, 0.25) is 11.8 Å². The molecule has 2 amide bonds. The number of esters is 1. The molecular formula is C36H47ClN2O7. The van der Waals surface area contributed by atoms with Crippen molar-refractivity contribution >= 4 is 41.7 Å². The Morgan fingerprint density at radius 2 is 1.72 bits per heavy atom. The molecule has 0 aliphatic heterocycles. The van der Waals surface area contributed by atoms with Crippen molar-refractivity contribution in [3.63, 3.8) is 0 Å². The van der Waals surface area contributed by atoms with Crippen molar-refractivity contribution in [2.45, 2.75) is 65.2 Å². The number of nitrogens with one attached hydrogen (secondary N) is 2. The van der Waals surface area contributed by atoms with E-state index in [-0.39, 0.29) is 37.1 Å². The van der Waals surface area contributed by atoms with Crippen LogP contribution in [0.5, 0.6) is 5.75 Å². The first kappa shape index (κ1) is 38.2. The molecule has 0 radical (unpaired) electrons. The second-order valence-corrected chi connectivity index (χ2v) is 12.1. The topological polar surface area (TPSA) is 120 Å². The molecule has 2 N–H and O–H groups in total. The van der Waals surface area contributed by atoms with E-state index in [0.29, 0.717) is 22.8 Å². The Morgan fingerprint density at radius 3 is 2.33 bits per heavy atom. The number of methoxy groups -OCH3 is 2. The summed E-state index contributed by atoms with van der Waals surface area (Å²) >= 11 is 6.28. The molecule has 0 saturated heterocycles. The van der Waals surface area contributed by atoms with Gasteiger partial charge in [0.25, 0.3) is 0 Å². The molecule has 0 fully saturated rings. The minimum atomic E-state index is -0.944. The number of benzene rings is 2. The van der Waals surface area contributed by atoms with Crippen molar-refractivity contribution in [1.29, 1.82) is 0 Å². The maximum absolute atomic E-state index is 13.1. The van der Waals surface area contributed by atoms with Gasteiger partial charge in [-0.3, -0.25) is 9.59 Å². The monoisotopic (exact) mass is 654 g/mol. The Hall–Kier alpha value is -3.95. The summed E-state index contributed by atoms with van der Waals surface area (Å²) in [4.78, 5) is 50.2. The number of halogens is 1. The quantitative estimate of drug-likeness (QED) is 0.115. The van der Waals surface area contributed by atoms with E-state index < -0.39 is 36.0 Å². The summed E-state index contributed by atoms with van der Waals surface area (Å²) in [5.74, 6) is -1.26. The molecule has 9 nitrogen and oxygen atoms in total. The van der Waals surface area contributed by atoms with Crippen LogP contribution in [0.4, 0.5) is 0 Å². The summed E-state index contributed by atoms with van der Waals surface area (Å²) in [6.45, 7) is 7.76. The largest absolute Gasteiger partial charge is 0.495 e. The van der Waals surface area contributed by atoms with E-state index in [2.05, 4.69) is 10.6 Å². The van der Waals surface area contributed by atoms with Gasteiger partial charge in [0.15, 0.2) is 6.10 Å². The van der Waals surface area contributed by atoms with Crippen molar-refractivity contribution in [1.82, 2.24) is 10.6 Å². The van der Waals surface area contributed by atoms with Crippen LogP contribution in [-0.2, 0) is 35.1 Å². The van der Waals surface area contributed by atoms with Crippen molar-refractivity contribution in [3.8, 4) is 5.75 Å². The Labute approximate surface area is 277 Å². The highest BCUT2D eigenvalue weighted by atomic mass is 35.5. The fraction of sp³-hybridized carbons (Fsp3) is 0.444. The first-order valence-corrected chi connectivity index (χ1v) is 15.8. The molecule has 10 heteroatoms. The number of rotatable bonds is 19. The van der Waals surface area contributed by atoms with Crippen molar-refractivity contribution < 1.29 is 33.4 Å². The first-order valence-electron chi connectivity index (χ1n) is 15.5. The van der Waals surface area contributed by atoms with E-state index >= 15 is 0 Å². The van der Waals surface area contributed by atoms with E-state index in [0.717, 1.165) is 11.8 Å². The lowest BCUT2D eigenvalue weighted by molar-refractivity contribution is -0.163. The third-order valence-electron chi connectivity index (χ3n) is 7.24. The lowest BCUT2D eigenvalue weighted by Crippen LogP contribution is -2.48. The number of aldehydes is 1. The highest BCUT2D eigenvalue weighted by Gasteiger charge is 2.26. The van der Waals surface area contributed by atoms with Crippen LogP contribution < -0.4 is 15.4 Å². The predicted octanol–water partition coefficient (Wildman–Crippen LogP) is 5.60.